The van der Waals surface area contributed by atoms with Gasteiger partial charge in [0.05, 0.1) is 13.7 Å². The molecule has 1 aromatic carbocycles. The summed E-state index contributed by atoms with van der Waals surface area (Å²) in [5, 5.41) is 3.06. The van der Waals surface area contributed by atoms with Crippen LogP contribution in [0.3, 0.4) is 0 Å². The van der Waals surface area contributed by atoms with Gasteiger partial charge in [-0.2, -0.15) is 0 Å². The van der Waals surface area contributed by atoms with E-state index in [2.05, 4.69) is 10.1 Å². The Balaban J connectivity index is 2.69. The van der Waals surface area contributed by atoms with Crippen molar-refractivity contribution in [1.82, 2.24) is 10.2 Å². The first-order valence-corrected chi connectivity index (χ1v) is 6.64. The van der Waals surface area contributed by atoms with Crippen LogP contribution in [-0.4, -0.2) is 43.0 Å². The predicted octanol–water partition coefficient (Wildman–Crippen LogP) is 1.19. The third-order valence-electron chi connectivity index (χ3n) is 2.78. The highest BCUT2D eigenvalue weighted by molar-refractivity contribution is 5.83. The largest absolute Gasteiger partial charge is 0.468 e. The van der Waals surface area contributed by atoms with E-state index in [1.54, 1.807) is 0 Å². The van der Waals surface area contributed by atoms with Gasteiger partial charge in [0, 0.05) is 12.6 Å². The second-order valence-corrected chi connectivity index (χ2v) is 4.85. The van der Waals surface area contributed by atoms with Crippen LogP contribution in [0.1, 0.15) is 19.4 Å². The number of carbonyl (C=O) groups excluding carboxylic acids is 2. The van der Waals surface area contributed by atoms with Crippen LogP contribution in [0.2, 0.25) is 0 Å². The normalized spacial score (nSPS) is 10.4. The van der Waals surface area contributed by atoms with E-state index in [1.165, 1.54) is 12.0 Å². The lowest BCUT2D eigenvalue weighted by Crippen LogP contribution is -2.42. The molecule has 0 aromatic heterocycles. The quantitative estimate of drug-likeness (QED) is 0.761. The van der Waals surface area contributed by atoms with Crippen LogP contribution in [0.5, 0.6) is 0 Å². The molecule has 0 saturated carbocycles. The molecular weight excluding hydrogens is 256 g/mol. The van der Waals surface area contributed by atoms with E-state index in [0.29, 0.717) is 6.54 Å². The molecule has 20 heavy (non-hydrogen) atoms. The van der Waals surface area contributed by atoms with Crippen molar-refractivity contribution in [2.45, 2.75) is 26.4 Å². The highest BCUT2D eigenvalue weighted by Crippen LogP contribution is 2.05. The summed E-state index contributed by atoms with van der Waals surface area (Å²) in [6, 6.07) is 9.79. The molecule has 1 N–H and O–H groups in total. The summed E-state index contributed by atoms with van der Waals surface area (Å²) >= 11 is 0. The van der Waals surface area contributed by atoms with Gasteiger partial charge in [-0.25, -0.2) is 0 Å². The third kappa shape index (κ3) is 5.84. The molecule has 0 atom stereocenters. The van der Waals surface area contributed by atoms with Crippen molar-refractivity contribution in [3.8, 4) is 0 Å². The summed E-state index contributed by atoms with van der Waals surface area (Å²) in [4.78, 5) is 25.1. The van der Waals surface area contributed by atoms with Crippen LogP contribution in [0.25, 0.3) is 0 Å². The standard InChI is InChI=1S/C15H22N2O3/c1-12(2)16-9-14(18)17(11-15(19)20-3)10-13-7-5-4-6-8-13/h4-8,12,16H,9-11H2,1-3H3. The zero-order valence-electron chi connectivity index (χ0n) is 12.3. The Hall–Kier alpha value is -1.88. The summed E-state index contributed by atoms with van der Waals surface area (Å²) in [6.07, 6.45) is 0. The second-order valence-electron chi connectivity index (χ2n) is 4.85. The van der Waals surface area contributed by atoms with Crippen molar-refractivity contribution < 1.29 is 14.3 Å². The fraction of sp³-hybridized carbons (Fsp3) is 0.467. The predicted molar refractivity (Wildman–Crippen MR) is 77.0 cm³/mol. The first-order valence-electron chi connectivity index (χ1n) is 6.64. The minimum atomic E-state index is -0.418. The Morgan fingerprint density at radius 2 is 1.90 bits per heavy atom. The molecule has 110 valence electrons. The zero-order chi connectivity index (χ0) is 15.0. The molecule has 0 bridgehead atoms. The fourth-order valence-corrected chi connectivity index (χ4v) is 1.66. The SMILES string of the molecule is COC(=O)CN(Cc1ccccc1)C(=O)CNC(C)C. The first kappa shape index (κ1) is 16.2. The van der Waals surface area contributed by atoms with Crippen LogP contribution in [0, 0.1) is 0 Å². The van der Waals surface area contributed by atoms with Gasteiger partial charge in [-0.05, 0) is 5.56 Å². The van der Waals surface area contributed by atoms with Gasteiger partial charge in [-0.15, -0.1) is 0 Å². The molecular formula is C15H22N2O3. The maximum atomic E-state index is 12.2. The van der Waals surface area contributed by atoms with E-state index in [4.69, 9.17) is 0 Å². The molecule has 0 radical (unpaired) electrons. The zero-order valence-corrected chi connectivity index (χ0v) is 12.3. The molecule has 1 rings (SSSR count). The van der Waals surface area contributed by atoms with E-state index in [9.17, 15) is 9.59 Å². The van der Waals surface area contributed by atoms with Gasteiger partial charge in [-0.3, -0.25) is 9.59 Å². The highest BCUT2D eigenvalue weighted by atomic mass is 16.5. The van der Waals surface area contributed by atoms with Gasteiger partial charge >= 0.3 is 5.97 Å². The van der Waals surface area contributed by atoms with Crippen molar-refractivity contribution in [3.63, 3.8) is 0 Å². The maximum Gasteiger partial charge on any atom is 0.325 e. The third-order valence-corrected chi connectivity index (χ3v) is 2.78. The molecule has 5 heteroatoms. The van der Waals surface area contributed by atoms with Crippen molar-refractivity contribution >= 4 is 11.9 Å². The molecule has 0 fully saturated rings. The van der Waals surface area contributed by atoms with Gasteiger partial charge in [0.2, 0.25) is 5.91 Å². The van der Waals surface area contributed by atoms with Crippen molar-refractivity contribution in [2.75, 3.05) is 20.2 Å². The number of hydrogen-bond acceptors (Lipinski definition) is 4. The van der Waals surface area contributed by atoms with E-state index in [0.717, 1.165) is 5.56 Å². The van der Waals surface area contributed by atoms with Crippen LogP contribution < -0.4 is 5.32 Å². The van der Waals surface area contributed by atoms with Crippen LogP contribution in [0.4, 0.5) is 0 Å². The summed E-state index contributed by atoms with van der Waals surface area (Å²) in [5.74, 6) is -0.535. The minimum absolute atomic E-state index is 0.0377. The van der Waals surface area contributed by atoms with Crippen molar-refractivity contribution in [2.24, 2.45) is 0 Å². The average molecular weight is 278 g/mol. The van der Waals surface area contributed by atoms with Crippen LogP contribution >= 0.6 is 0 Å². The minimum Gasteiger partial charge on any atom is -0.468 e. The first-order chi connectivity index (χ1) is 9.52. The van der Waals surface area contributed by atoms with Gasteiger partial charge in [0.15, 0.2) is 0 Å². The van der Waals surface area contributed by atoms with Crippen molar-refractivity contribution in [1.29, 1.82) is 0 Å². The van der Waals surface area contributed by atoms with Crippen LogP contribution in [0.15, 0.2) is 30.3 Å². The summed E-state index contributed by atoms with van der Waals surface area (Å²) in [7, 11) is 1.32. The van der Waals surface area contributed by atoms with E-state index < -0.39 is 5.97 Å². The molecule has 1 aromatic rings. The Morgan fingerprint density at radius 1 is 1.25 bits per heavy atom. The molecule has 0 aliphatic rings. The summed E-state index contributed by atoms with van der Waals surface area (Å²) < 4.78 is 4.64. The number of rotatable bonds is 7. The number of nitrogens with zero attached hydrogens (tertiary/aromatic N) is 1. The number of benzene rings is 1. The number of carbonyl (C=O) groups is 2. The van der Waals surface area contributed by atoms with E-state index in [-0.39, 0.29) is 25.0 Å². The molecule has 0 saturated heterocycles. The Kier molecular flexibility index (Phi) is 6.73. The monoisotopic (exact) mass is 278 g/mol. The molecule has 0 spiro atoms. The van der Waals surface area contributed by atoms with Gasteiger partial charge in [0.25, 0.3) is 0 Å². The average Bonchev–Trinajstić information content (AvgIpc) is 2.44. The molecule has 5 nitrogen and oxygen atoms in total. The van der Waals surface area contributed by atoms with Crippen LogP contribution in [-0.2, 0) is 20.9 Å². The Morgan fingerprint density at radius 3 is 2.45 bits per heavy atom. The van der Waals surface area contributed by atoms with Gasteiger partial charge in [-0.1, -0.05) is 44.2 Å². The van der Waals surface area contributed by atoms with Gasteiger partial charge in [0.1, 0.15) is 6.54 Å². The van der Waals surface area contributed by atoms with Gasteiger partial charge < -0.3 is 15.0 Å². The second kappa shape index (κ2) is 8.32. The number of esters is 1. The summed E-state index contributed by atoms with van der Waals surface area (Å²) in [6.45, 7) is 4.50. The number of ether oxygens (including phenoxy) is 1. The molecule has 0 aliphatic carbocycles. The molecule has 1 amide bonds. The Labute approximate surface area is 119 Å². The smallest absolute Gasteiger partial charge is 0.325 e. The lowest BCUT2D eigenvalue weighted by molar-refractivity contribution is -0.147. The topological polar surface area (TPSA) is 58.6 Å². The lowest BCUT2D eigenvalue weighted by atomic mass is 10.2. The number of hydrogen-bond donors (Lipinski definition) is 1. The molecule has 0 heterocycles. The molecule has 0 aliphatic heterocycles. The number of amides is 1. The number of nitrogens with one attached hydrogen (secondary N) is 1. The Bertz CT molecular complexity index is 432. The lowest BCUT2D eigenvalue weighted by Gasteiger charge is -2.22. The highest BCUT2D eigenvalue weighted by Gasteiger charge is 2.17. The maximum absolute atomic E-state index is 12.2. The summed E-state index contributed by atoms with van der Waals surface area (Å²) in [5.41, 5.74) is 0.981. The van der Waals surface area contributed by atoms with Crippen molar-refractivity contribution in [3.05, 3.63) is 35.9 Å². The van der Waals surface area contributed by atoms with E-state index >= 15 is 0 Å². The number of methoxy groups -OCH3 is 1. The fourth-order valence-electron chi connectivity index (χ4n) is 1.66. The van der Waals surface area contributed by atoms with E-state index in [1.807, 2.05) is 44.2 Å². The molecule has 0 unspecified atom stereocenters.